The largest absolute Gasteiger partial charge is 0.311 e. The first-order chi connectivity index (χ1) is 8.29. The van der Waals surface area contributed by atoms with Crippen LogP contribution in [0.4, 0.5) is 4.39 Å². The fraction of sp³-hybridized carbons (Fsp3) is 0.231. The van der Waals surface area contributed by atoms with Crippen LogP contribution >= 0.6 is 0 Å². The number of aromatic nitrogens is 2. The molecule has 0 aliphatic heterocycles. The molecule has 1 aromatic carbocycles. The van der Waals surface area contributed by atoms with E-state index in [1.54, 1.807) is 30.7 Å². The first kappa shape index (κ1) is 11.7. The number of halogens is 1. The number of nitrogens with one attached hydrogen (secondary N) is 1. The Hall–Kier alpha value is -1.81. The molecule has 17 heavy (non-hydrogen) atoms. The predicted molar refractivity (Wildman–Crippen MR) is 63.9 cm³/mol. The summed E-state index contributed by atoms with van der Waals surface area (Å²) in [6.07, 6.45) is 5.71. The van der Waals surface area contributed by atoms with Crippen LogP contribution in [-0.2, 0) is 6.42 Å². The summed E-state index contributed by atoms with van der Waals surface area (Å²) < 4.78 is 13.1. The Morgan fingerprint density at radius 2 is 2.24 bits per heavy atom. The molecule has 0 aliphatic carbocycles. The Morgan fingerprint density at radius 1 is 1.35 bits per heavy atom. The zero-order valence-electron chi connectivity index (χ0n) is 9.60. The first-order valence-electron chi connectivity index (χ1n) is 5.47. The molecule has 0 bridgehead atoms. The molecular weight excluding hydrogens is 217 g/mol. The quantitative estimate of drug-likeness (QED) is 0.875. The van der Waals surface area contributed by atoms with Crippen molar-refractivity contribution in [3.05, 3.63) is 59.9 Å². The van der Waals surface area contributed by atoms with Crippen LogP contribution in [0.2, 0.25) is 0 Å². The molecule has 0 spiro atoms. The van der Waals surface area contributed by atoms with E-state index in [-0.39, 0.29) is 11.9 Å². The Morgan fingerprint density at radius 3 is 2.88 bits per heavy atom. The highest BCUT2D eigenvalue weighted by Gasteiger charge is 2.11. The van der Waals surface area contributed by atoms with Crippen molar-refractivity contribution >= 4 is 0 Å². The number of hydrogen-bond donors (Lipinski definition) is 1. The molecule has 88 valence electrons. The molecule has 0 amide bonds. The number of likely N-dealkylation sites (N-methyl/N-ethyl adjacent to an activating group) is 1. The molecule has 1 aromatic heterocycles. The van der Waals surface area contributed by atoms with Crippen LogP contribution in [0.3, 0.4) is 0 Å². The second-order valence-corrected chi connectivity index (χ2v) is 3.81. The van der Waals surface area contributed by atoms with Gasteiger partial charge in [0.05, 0.1) is 11.7 Å². The summed E-state index contributed by atoms with van der Waals surface area (Å²) in [5, 5.41) is 3.16. The fourth-order valence-corrected chi connectivity index (χ4v) is 1.74. The Balaban J connectivity index is 2.16. The third-order valence-electron chi connectivity index (χ3n) is 2.62. The normalized spacial score (nSPS) is 12.4. The lowest BCUT2D eigenvalue weighted by molar-refractivity contribution is 0.568. The highest BCUT2D eigenvalue weighted by atomic mass is 19.1. The highest BCUT2D eigenvalue weighted by Crippen LogP contribution is 2.15. The van der Waals surface area contributed by atoms with Crippen LogP contribution in [0.5, 0.6) is 0 Å². The summed E-state index contributed by atoms with van der Waals surface area (Å²) >= 11 is 0. The zero-order chi connectivity index (χ0) is 12.1. The van der Waals surface area contributed by atoms with Gasteiger partial charge in [-0.3, -0.25) is 9.97 Å². The molecule has 1 unspecified atom stereocenters. The number of rotatable bonds is 4. The monoisotopic (exact) mass is 231 g/mol. The van der Waals surface area contributed by atoms with Gasteiger partial charge in [-0.05, 0) is 31.2 Å². The van der Waals surface area contributed by atoms with Gasteiger partial charge in [0, 0.05) is 18.6 Å². The number of benzene rings is 1. The molecule has 2 rings (SSSR count). The van der Waals surface area contributed by atoms with Crippen LogP contribution in [0.1, 0.15) is 17.3 Å². The van der Waals surface area contributed by atoms with E-state index in [2.05, 4.69) is 15.3 Å². The van der Waals surface area contributed by atoms with Crippen molar-refractivity contribution in [1.29, 1.82) is 0 Å². The summed E-state index contributed by atoms with van der Waals surface area (Å²) in [5.74, 6) is -0.212. The molecule has 0 fully saturated rings. The molecule has 0 saturated carbocycles. The van der Waals surface area contributed by atoms with Gasteiger partial charge in [0.25, 0.3) is 0 Å². The van der Waals surface area contributed by atoms with E-state index in [9.17, 15) is 4.39 Å². The van der Waals surface area contributed by atoms with Crippen LogP contribution in [0.25, 0.3) is 0 Å². The second kappa shape index (κ2) is 5.50. The van der Waals surface area contributed by atoms with E-state index >= 15 is 0 Å². The maximum atomic E-state index is 13.1. The van der Waals surface area contributed by atoms with Gasteiger partial charge >= 0.3 is 0 Å². The zero-order valence-corrected chi connectivity index (χ0v) is 9.60. The van der Waals surface area contributed by atoms with E-state index in [1.165, 1.54) is 6.07 Å². The Kier molecular flexibility index (Phi) is 3.77. The van der Waals surface area contributed by atoms with Gasteiger partial charge in [-0.15, -0.1) is 0 Å². The molecule has 0 radical (unpaired) electrons. The number of nitrogens with zero attached hydrogens (tertiary/aromatic N) is 2. The van der Waals surface area contributed by atoms with Crippen molar-refractivity contribution < 1.29 is 4.39 Å². The number of hydrogen-bond acceptors (Lipinski definition) is 3. The topological polar surface area (TPSA) is 37.8 Å². The van der Waals surface area contributed by atoms with Gasteiger partial charge < -0.3 is 5.32 Å². The van der Waals surface area contributed by atoms with Gasteiger partial charge in [-0.1, -0.05) is 12.1 Å². The lowest BCUT2D eigenvalue weighted by Gasteiger charge is -2.15. The van der Waals surface area contributed by atoms with Crippen LogP contribution < -0.4 is 5.32 Å². The SMILES string of the molecule is CNC(Cc1cccc(F)c1)c1cnccn1. The van der Waals surface area contributed by atoms with Gasteiger partial charge in [0.1, 0.15) is 5.82 Å². The second-order valence-electron chi connectivity index (χ2n) is 3.81. The van der Waals surface area contributed by atoms with Crippen LogP contribution in [0.15, 0.2) is 42.9 Å². The molecule has 0 saturated heterocycles. The molecule has 1 N–H and O–H groups in total. The Bertz CT molecular complexity index is 473. The summed E-state index contributed by atoms with van der Waals surface area (Å²) in [7, 11) is 1.86. The maximum absolute atomic E-state index is 13.1. The average molecular weight is 231 g/mol. The lowest BCUT2D eigenvalue weighted by atomic mass is 10.0. The molecule has 3 nitrogen and oxygen atoms in total. The molecule has 1 atom stereocenters. The third kappa shape index (κ3) is 3.07. The summed E-state index contributed by atoms with van der Waals surface area (Å²) in [5.41, 5.74) is 1.80. The third-order valence-corrected chi connectivity index (χ3v) is 2.62. The molecule has 2 aromatic rings. The predicted octanol–water partition coefficient (Wildman–Crippen LogP) is 2.12. The summed E-state index contributed by atoms with van der Waals surface area (Å²) in [6.45, 7) is 0. The Labute approximate surface area is 99.7 Å². The van der Waals surface area contributed by atoms with Crippen molar-refractivity contribution in [2.45, 2.75) is 12.5 Å². The fourth-order valence-electron chi connectivity index (χ4n) is 1.74. The average Bonchev–Trinajstić information content (AvgIpc) is 2.37. The summed E-state index contributed by atoms with van der Waals surface area (Å²) in [6, 6.07) is 6.66. The maximum Gasteiger partial charge on any atom is 0.123 e. The molecular formula is C13H14FN3. The van der Waals surface area contributed by atoms with Crippen LogP contribution in [0, 0.1) is 5.82 Å². The van der Waals surface area contributed by atoms with Crippen LogP contribution in [-0.4, -0.2) is 17.0 Å². The van der Waals surface area contributed by atoms with E-state index < -0.39 is 0 Å². The highest BCUT2D eigenvalue weighted by molar-refractivity contribution is 5.19. The molecule has 0 aliphatic rings. The van der Waals surface area contributed by atoms with Gasteiger partial charge in [0.2, 0.25) is 0 Å². The van der Waals surface area contributed by atoms with E-state index in [4.69, 9.17) is 0 Å². The minimum Gasteiger partial charge on any atom is -0.311 e. The standard InChI is InChI=1S/C13H14FN3/c1-15-12(13-9-16-5-6-17-13)8-10-3-2-4-11(14)7-10/h2-7,9,12,15H,8H2,1H3. The van der Waals surface area contributed by atoms with Crippen molar-refractivity contribution in [2.75, 3.05) is 7.05 Å². The van der Waals surface area contributed by atoms with Crippen molar-refractivity contribution in [2.24, 2.45) is 0 Å². The van der Waals surface area contributed by atoms with Crippen molar-refractivity contribution in [3.8, 4) is 0 Å². The smallest absolute Gasteiger partial charge is 0.123 e. The van der Waals surface area contributed by atoms with E-state index in [1.807, 2.05) is 13.1 Å². The lowest BCUT2D eigenvalue weighted by Crippen LogP contribution is -2.20. The minimum absolute atomic E-state index is 0.0468. The van der Waals surface area contributed by atoms with E-state index in [0.29, 0.717) is 6.42 Å². The van der Waals surface area contributed by atoms with Gasteiger partial charge in [0.15, 0.2) is 0 Å². The molecule has 4 heteroatoms. The minimum atomic E-state index is -0.212. The van der Waals surface area contributed by atoms with Gasteiger partial charge in [-0.2, -0.15) is 0 Å². The summed E-state index contributed by atoms with van der Waals surface area (Å²) in [4.78, 5) is 8.29. The van der Waals surface area contributed by atoms with Gasteiger partial charge in [-0.25, -0.2) is 4.39 Å². The molecule has 1 heterocycles. The van der Waals surface area contributed by atoms with Crippen molar-refractivity contribution in [1.82, 2.24) is 15.3 Å². The first-order valence-corrected chi connectivity index (χ1v) is 5.47. The van der Waals surface area contributed by atoms with Crippen molar-refractivity contribution in [3.63, 3.8) is 0 Å². The van der Waals surface area contributed by atoms with E-state index in [0.717, 1.165) is 11.3 Å².